The average molecular weight is 350 g/mol. The molecule has 3 N–H and O–H groups in total. The fourth-order valence-corrected chi connectivity index (χ4v) is 3.09. The Morgan fingerprint density at radius 1 is 1.23 bits per heavy atom. The van der Waals surface area contributed by atoms with Gasteiger partial charge in [0.25, 0.3) is 11.5 Å². The third-order valence-corrected chi connectivity index (χ3v) is 4.31. The molecule has 7 nitrogen and oxygen atoms in total. The number of hydrogen-bond acceptors (Lipinski definition) is 5. The quantitative estimate of drug-likeness (QED) is 0.648. The molecule has 1 aromatic carbocycles. The van der Waals surface area contributed by atoms with Crippen LogP contribution in [0.2, 0.25) is 0 Å². The molecule has 0 unspecified atom stereocenters. The van der Waals surface area contributed by atoms with Crippen LogP contribution in [0.4, 0.5) is 11.6 Å². The van der Waals surface area contributed by atoms with Gasteiger partial charge in [-0.2, -0.15) is 0 Å². The summed E-state index contributed by atoms with van der Waals surface area (Å²) in [6, 6.07) is 11.3. The maximum atomic E-state index is 12.5. The summed E-state index contributed by atoms with van der Waals surface area (Å²) in [5.41, 5.74) is 3.78. The molecule has 1 atom stereocenters. The van der Waals surface area contributed by atoms with Crippen LogP contribution in [-0.4, -0.2) is 15.5 Å². The maximum absolute atomic E-state index is 12.5. The summed E-state index contributed by atoms with van der Waals surface area (Å²) in [4.78, 5) is 20.3. The van der Waals surface area contributed by atoms with Gasteiger partial charge in [-0.1, -0.05) is 17.7 Å². The van der Waals surface area contributed by atoms with Crippen LogP contribution in [-0.2, 0) is 0 Å². The molecule has 4 rings (SSSR count). The average Bonchev–Trinajstić information content (AvgIpc) is 3.10. The van der Waals surface area contributed by atoms with Crippen molar-refractivity contribution in [1.29, 1.82) is 0 Å². The predicted octanol–water partition coefficient (Wildman–Crippen LogP) is 1.28. The summed E-state index contributed by atoms with van der Waals surface area (Å²) in [5, 5.41) is 6.51. The van der Waals surface area contributed by atoms with Crippen molar-refractivity contribution in [2.24, 2.45) is 0 Å². The Morgan fingerprint density at radius 2 is 2.08 bits per heavy atom. The van der Waals surface area contributed by atoms with Gasteiger partial charge in [0, 0.05) is 11.8 Å². The molecule has 0 amide bonds. The first-order chi connectivity index (χ1) is 12.5. The number of rotatable bonds is 2. The zero-order chi connectivity index (χ0) is 18.3. The highest BCUT2D eigenvalue weighted by Gasteiger charge is 2.30. The second-order valence-electron chi connectivity index (χ2n) is 6.44. The van der Waals surface area contributed by atoms with Gasteiger partial charge in [0.05, 0.1) is 6.26 Å². The Balaban J connectivity index is 1.78. The van der Waals surface area contributed by atoms with Crippen LogP contribution in [0, 0.1) is 20.8 Å². The summed E-state index contributed by atoms with van der Waals surface area (Å²) >= 11 is 0. The van der Waals surface area contributed by atoms with E-state index >= 15 is 0 Å². The summed E-state index contributed by atoms with van der Waals surface area (Å²) in [6.45, 7) is 5.90. The first kappa shape index (κ1) is 16.1. The number of guanidine groups is 1. The van der Waals surface area contributed by atoms with E-state index in [2.05, 4.69) is 33.6 Å². The van der Waals surface area contributed by atoms with Crippen LogP contribution in [0.1, 0.15) is 28.7 Å². The van der Waals surface area contributed by atoms with Crippen LogP contribution in [0.25, 0.3) is 0 Å². The van der Waals surface area contributed by atoms with Crippen molar-refractivity contribution in [1.82, 2.24) is 9.55 Å². The van der Waals surface area contributed by atoms with E-state index in [9.17, 15) is 4.79 Å². The number of aromatic nitrogens is 2. The Kier molecular flexibility index (Phi) is 3.84. The number of fused-ring (bicyclic) bond motifs is 1. The molecule has 2 aromatic heterocycles. The molecular formula is C19H20N5O2+. The Hall–Kier alpha value is -3.35. The second-order valence-corrected chi connectivity index (χ2v) is 6.44. The van der Waals surface area contributed by atoms with Gasteiger partial charge in [0.2, 0.25) is 6.17 Å². The third kappa shape index (κ3) is 2.88. The van der Waals surface area contributed by atoms with Crippen molar-refractivity contribution in [3.05, 3.63) is 75.6 Å². The molecule has 3 aromatic rings. The molecule has 0 bridgehead atoms. The highest BCUT2D eigenvalue weighted by molar-refractivity contribution is 5.99. The van der Waals surface area contributed by atoms with Gasteiger partial charge >= 0.3 is 5.96 Å². The molecule has 1 aliphatic heterocycles. The lowest BCUT2D eigenvalue weighted by atomic mass is 10.1. The van der Waals surface area contributed by atoms with Gasteiger partial charge in [-0.3, -0.25) is 4.79 Å². The van der Waals surface area contributed by atoms with E-state index in [1.807, 2.05) is 25.1 Å². The van der Waals surface area contributed by atoms with E-state index < -0.39 is 6.17 Å². The van der Waals surface area contributed by atoms with Crippen LogP contribution >= 0.6 is 0 Å². The third-order valence-electron chi connectivity index (χ3n) is 4.31. The molecule has 0 radical (unpaired) electrons. The van der Waals surface area contributed by atoms with Crippen molar-refractivity contribution < 1.29 is 9.41 Å². The van der Waals surface area contributed by atoms with Crippen molar-refractivity contribution in [3.63, 3.8) is 0 Å². The van der Waals surface area contributed by atoms with Crippen LogP contribution in [0.15, 0.2) is 51.9 Å². The predicted molar refractivity (Wildman–Crippen MR) is 99.2 cm³/mol. The Morgan fingerprint density at radius 3 is 2.81 bits per heavy atom. The first-order valence-corrected chi connectivity index (χ1v) is 8.39. The van der Waals surface area contributed by atoms with Crippen LogP contribution < -0.4 is 21.2 Å². The van der Waals surface area contributed by atoms with Gasteiger partial charge in [-0.15, -0.1) is 0 Å². The molecule has 0 spiro atoms. The minimum absolute atomic E-state index is 0.153. The van der Waals surface area contributed by atoms with E-state index in [0.717, 1.165) is 11.3 Å². The number of nitrogens with zero attached hydrogens (tertiary/aromatic N) is 2. The SMILES string of the molecule is Cc1ccc(NC2=[NH+][C@@H](c3ccco3)n3c(nc(C)cc3=O)N2)c(C)c1. The number of benzene rings is 1. The van der Waals surface area contributed by atoms with Gasteiger partial charge in [0.1, 0.15) is 5.69 Å². The molecular weight excluding hydrogens is 330 g/mol. The van der Waals surface area contributed by atoms with E-state index in [1.165, 1.54) is 11.6 Å². The van der Waals surface area contributed by atoms with Crippen molar-refractivity contribution in [2.45, 2.75) is 26.9 Å². The maximum Gasteiger partial charge on any atom is 0.357 e. The standard InChI is InChI=1S/C19H19N5O2/c1-11-6-7-14(12(2)9-11)21-18-22-17(15-5-4-8-26-15)24-16(25)10-13(3)20-19(24)23-18/h4-10,17H,1-3H3,(H2,20,21,22,23)/p+1/t17-/m1/s1. The fraction of sp³-hybridized carbons (Fsp3) is 0.211. The summed E-state index contributed by atoms with van der Waals surface area (Å²) < 4.78 is 7.07. The molecule has 1 aliphatic rings. The Labute approximate surface area is 150 Å². The lowest BCUT2D eigenvalue weighted by Crippen LogP contribution is -2.82. The van der Waals surface area contributed by atoms with Crippen molar-refractivity contribution in [3.8, 4) is 0 Å². The smallest absolute Gasteiger partial charge is 0.357 e. The number of hydrogen-bond donors (Lipinski definition) is 3. The number of anilines is 2. The Bertz CT molecular complexity index is 1050. The minimum Gasteiger partial charge on any atom is -0.464 e. The van der Waals surface area contributed by atoms with E-state index in [-0.39, 0.29) is 5.56 Å². The molecule has 7 heteroatoms. The van der Waals surface area contributed by atoms with E-state index in [4.69, 9.17) is 4.42 Å². The number of nitrogens with one attached hydrogen (secondary N) is 3. The molecule has 0 fully saturated rings. The number of furan rings is 1. The summed E-state index contributed by atoms with van der Waals surface area (Å²) in [7, 11) is 0. The summed E-state index contributed by atoms with van der Waals surface area (Å²) in [5.74, 6) is 1.72. The largest absolute Gasteiger partial charge is 0.464 e. The van der Waals surface area contributed by atoms with Gasteiger partial charge < -0.3 is 4.42 Å². The molecule has 0 aliphatic carbocycles. The van der Waals surface area contributed by atoms with Crippen molar-refractivity contribution in [2.75, 3.05) is 10.6 Å². The van der Waals surface area contributed by atoms with Crippen molar-refractivity contribution >= 4 is 17.6 Å². The van der Waals surface area contributed by atoms with E-state index in [1.54, 1.807) is 23.8 Å². The van der Waals surface area contributed by atoms with Gasteiger partial charge in [-0.25, -0.2) is 25.2 Å². The number of aryl methyl sites for hydroxylation is 3. The van der Waals surface area contributed by atoms with Gasteiger partial charge in [0.15, 0.2) is 5.76 Å². The zero-order valence-electron chi connectivity index (χ0n) is 14.8. The summed E-state index contributed by atoms with van der Waals surface area (Å²) in [6.07, 6.45) is 1.10. The van der Waals surface area contributed by atoms with Gasteiger partial charge in [-0.05, 0) is 44.5 Å². The highest BCUT2D eigenvalue weighted by atomic mass is 16.3. The second kappa shape index (κ2) is 6.18. The molecule has 0 saturated heterocycles. The molecule has 26 heavy (non-hydrogen) atoms. The lowest BCUT2D eigenvalue weighted by molar-refractivity contribution is -0.523. The fourth-order valence-electron chi connectivity index (χ4n) is 3.09. The molecule has 0 saturated carbocycles. The first-order valence-electron chi connectivity index (χ1n) is 8.39. The van der Waals surface area contributed by atoms with E-state index in [0.29, 0.717) is 23.4 Å². The van der Waals surface area contributed by atoms with Crippen LogP contribution in [0.5, 0.6) is 0 Å². The van der Waals surface area contributed by atoms with Crippen LogP contribution in [0.3, 0.4) is 0 Å². The molecule has 132 valence electrons. The zero-order valence-corrected chi connectivity index (χ0v) is 14.8. The monoisotopic (exact) mass is 350 g/mol. The normalized spacial score (nSPS) is 15.8. The minimum atomic E-state index is -0.491. The highest BCUT2D eigenvalue weighted by Crippen LogP contribution is 2.19. The topological polar surface area (TPSA) is 86.1 Å². The lowest BCUT2D eigenvalue weighted by Gasteiger charge is -2.21. The molecule has 3 heterocycles.